The van der Waals surface area contributed by atoms with Crippen molar-refractivity contribution in [2.75, 3.05) is 18.4 Å². The molecule has 0 bridgehead atoms. The molecule has 3 aromatic rings. The Morgan fingerprint density at radius 2 is 1.88 bits per heavy atom. The van der Waals surface area contributed by atoms with Crippen LogP contribution in [0.15, 0.2) is 59.2 Å². The lowest BCUT2D eigenvalue weighted by molar-refractivity contribution is -0.141. The van der Waals surface area contributed by atoms with E-state index in [4.69, 9.17) is 9.15 Å². The Balaban J connectivity index is 1.28. The summed E-state index contributed by atoms with van der Waals surface area (Å²) in [6.45, 7) is 4.71. The van der Waals surface area contributed by atoms with E-state index < -0.39 is 18.0 Å². The number of carbonyl (C=O) groups excluding carboxylic acids is 3. The SMILES string of the molecule is Cc1cc(NC(=O)c2ccco2)sc1C(=O)OC(C)C(=O)N1CCC(Cc2ccccc2)CC1. The number of ether oxygens (including phenoxy) is 1. The molecule has 1 fully saturated rings. The van der Waals surface area contributed by atoms with Gasteiger partial charge in [0, 0.05) is 13.1 Å². The standard InChI is InChI=1S/C26H28N2O5S/c1-17-15-22(27-24(29)21-9-6-14-32-21)34-23(17)26(31)33-18(2)25(30)28-12-10-20(11-13-28)16-19-7-4-3-5-8-19/h3-9,14-15,18,20H,10-13,16H2,1-2H3,(H,27,29). The van der Waals surface area contributed by atoms with E-state index in [-0.39, 0.29) is 11.7 Å². The normalized spacial score (nSPS) is 15.1. The number of thiophene rings is 1. The van der Waals surface area contributed by atoms with Crippen molar-refractivity contribution in [2.45, 2.75) is 39.2 Å². The molecule has 2 aromatic heterocycles. The van der Waals surface area contributed by atoms with Crippen molar-refractivity contribution in [2.24, 2.45) is 5.92 Å². The molecule has 1 aliphatic rings. The predicted octanol–water partition coefficient (Wildman–Crippen LogP) is 4.93. The van der Waals surface area contributed by atoms with Gasteiger partial charge in [-0.15, -0.1) is 11.3 Å². The fourth-order valence-electron chi connectivity index (χ4n) is 4.15. The summed E-state index contributed by atoms with van der Waals surface area (Å²) in [6, 6.07) is 15.3. The molecule has 7 nitrogen and oxygen atoms in total. The summed E-state index contributed by atoms with van der Waals surface area (Å²) in [7, 11) is 0. The molecule has 34 heavy (non-hydrogen) atoms. The van der Waals surface area contributed by atoms with Gasteiger partial charge in [0.2, 0.25) is 0 Å². The molecule has 178 valence electrons. The number of furan rings is 1. The summed E-state index contributed by atoms with van der Waals surface area (Å²) in [5, 5.41) is 3.22. The van der Waals surface area contributed by atoms with E-state index in [1.165, 1.54) is 11.8 Å². The molecule has 1 saturated heterocycles. The molecular weight excluding hydrogens is 452 g/mol. The molecule has 2 amide bonds. The number of esters is 1. The van der Waals surface area contributed by atoms with Crippen LogP contribution < -0.4 is 5.32 Å². The number of hydrogen-bond donors (Lipinski definition) is 1. The van der Waals surface area contributed by atoms with Crippen molar-refractivity contribution in [3.63, 3.8) is 0 Å². The van der Waals surface area contributed by atoms with Crippen LogP contribution in [-0.2, 0) is 16.0 Å². The Morgan fingerprint density at radius 3 is 2.56 bits per heavy atom. The number of piperidine rings is 1. The minimum absolute atomic E-state index is 0.174. The average Bonchev–Trinajstić information content (AvgIpc) is 3.50. The van der Waals surface area contributed by atoms with Crippen LogP contribution >= 0.6 is 11.3 Å². The van der Waals surface area contributed by atoms with Gasteiger partial charge < -0.3 is 19.4 Å². The van der Waals surface area contributed by atoms with Gasteiger partial charge >= 0.3 is 5.97 Å². The summed E-state index contributed by atoms with van der Waals surface area (Å²) in [6.07, 6.45) is 3.43. The maximum Gasteiger partial charge on any atom is 0.349 e. The Bertz CT molecular complexity index is 1130. The van der Waals surface area contributed by atoms with Gasteiger partial charge in [-0.05, 0) is 68.4 Å². The Kier molecular flexibility index (Phi) is 7.47. The van der Waals surface area contributed by atoms with Crippen molar-refractivity contribution in [1.29, 1.82) is 0 Å². The zero-order chi connectivity index (χ0) is 24.1. The van der Waals surface area contributed by atoms with E-state index in [1.807, 2.05) is 6.07 Å². The largest absolute Gasteiger partial charge is 0.459 e. The highest BCUT2D eigenvalue weighted by Crippen LogP contribution is 2.28. The molecule has 8 heteroatoms. The highest BCUT2D eigenvalue weighted by atomic mass is 32.1. The van der Waals surface area contributed by atoms with E-state index in [2.05, 4.69) is 29.6 Å². The Morgan fingerprint density at radius 1 is 1.15 bits per heavy atom. The van der Waals surface area contributed by atoms with Gasteiger partial charge in [-0.3, -0.25) is 9.59 Å². The van der Waals surface area contributed by atoms with Gasteiger partial charge in [-0.2, -0.15) is 0 Å². The molecule has 1 unspecified atom stereocenters. The third-order valence-corrected chi connectivity index (χ3v) is 7.14. The quantitative estimate of drug-likeness (QED) is 0.485. The first-order chi connectivity index (χ1) is 16.4. The number of likely N-dealkylation sites (tertiary alicyclic amines) is 1. The summed E-state index contributed by atoms with van der Waals surface area (Å²) in [4.78, 5) is 39.9. The van der Waals surface area contributed by atoms with E-state index in [9.17, 15) is 14.4 Å². The van der Waals surface area contributed by atoms with E-state index in [1.54, 1.807) is 36.9 Å². The second-order valence-corrected chi connectivity index (χ2v) is 9.61. The molecule has 1 aliphatic heterocycles. The van der Waals surface area contributed by atoms with Crippen LogP contribution in [-0.4, -0.2) is 41.9 Å². The third kappa shape index (κ3) is 5.75. The van der Waals surface area contributed by atoms with Gasteiger partial charge in [0.15, 0.2) is 11.9 Å². The first-order valence-corrected chi connectivity index (χ1v) is 12.2. The number of carbonyl (C=O) groups is 3. The number of aryl methyl sites for hydroxylation is 1. The predicted molar refractivity (Wildman–Crippen MR) is 130 cm³/mol. The number of hydrogen-bond acceptors (Lipinski definition) is 6. The highest BCUT2D eigenvalue weighted by molar-refractivity contribution is 7.18. The minimum Gasteiger partial charge on any atom is -0.459 e. The summed E-state index contributed by atoms with van der Waals surface area (Å²) in [5.41, 5.74) is 1.99. The molecular formula is C26H28N2O5S. The van der Waals surface area contributed by atoms with E-state index >= 15 is 0 Å². The topological polar surface area (TPSA) is 88.9 Å². The molecule has 0 spiro atoms. The lowest BCUT2D eigenvalue weighted by Gasteiger charge is -2.33. The van der Waals surface area contributed by atoms with Crippen molar-refractivity contribution >= 4 is 34.1 Å². The first kappa shape index (κ1) is 23.8. The van der Waals surface area contributed by atoms with E-state index in [0.717, 1.165) is 30.6 Å². The number of rotatable bonds is 7. The fraction of sp³-hybridized carbons (Fsp3) is 0.346. The second-order valence-electron chi connectivity index (χ2n) is 8.56. The molecule has 1 atom stereocenters. The third-order valence-electron chi connectivity index (χ3n) is 6.01. The zero-order valence-corrected chi connectivity index (χ0v) is 20.1. The second kappa shape index (κ2) is 10.7. The summed E-state index contributed by atoms with van der Waals surface area (Å²) in [5.74, 6) is -0.409. The van der Waals surface area contributed by atoms with Gasteiger partial charge in [-0.1, -0.05) is 30.3 Å². The van der Waals surface area contributed by atoms with Crippen LogP contribution in [0.4, 0.5) is 5.00 Å². The minimum atomic E-state index is -0.874. The van der Waals surface area contributed by atoms with Crippen molar-refractivity contribution in [3.05, 3.63) is 76.6 Å². The number of anilines is 1. The number of amides is 2. The van der Waals surface area contributed by atoms with E-state index in [0.29, 0.717) is 34.4 Å². The molecule has 1 aromatic carbocycles. The van der Waals surface area contributed by atoms with Gasteiger partial charge in [0.05, 0.1) is 11.3 Å². The molecule has 0 radical (unpaired) electrons. The van der Waals surface area contributed by atoms with Crippen molar-refractivity contribution < 1.29 is 23.5 Å². The number of nitrogens with one attached hydrogen (secondary N) is 1. The van der Waals surface area contributed by atoms with Crippen molar-refractivity contribution in [1.82, 2.24) is 4.90 Å². The van der Waals surface area contributed by atoms with Gasteiger partial charge in [0.1, 0.15) is 4.88 Å². The van der Waals surface area contributed by atoms with Gasteiger partial charge in [0.25, 0.3) is 11.8 Å². The van der Waals surface area contributed by atoms with Crippen LogP contribution in [0.1, 0.15) is 51.1 Å². The number of nitrogens with zero attached hydrogens (tertiary/aromatic N) is 1. The molecule has 0 aliphatic carbocycles. The summed E-state index contributed by atoms with van der Waals surface area (Å²) < 4.78 is 10.6. The molecule has 1 N–H and O–H groups in total. The van der Waals surface area contributed by atoms with Crippen LogP contribution in [0.5, 0.6) is 0 Å². The molecule has 4 rings (SSSR count). The fourth-order valence-corrected chi connectivity index (χ4v) is 5.10. The van der Waals surface area contributed by atoms with Crippen LogP contribution in [0.25, 0.3) is 0 Å². The smallest absolute Gasteiger partial charge is 0.349 e. The lowest BCUT2D eigenvalue weighted by Crippen LogP contribution is -2.44. The maximum atomic E-state index is 12.9. The maximum absolute atomic E-state index is 12.9. The van der Waals surface area contributed by atoms with Crippen LogP contribution in [0.3, 0.4) is 0 Å². The van der Waals surface area contributed by atoms with Crippen LogP contribution in [0.2, 0.25) is 0 Å². The monoisotopic (exact) mass is 480 g/mol. The van der Waals surface area contributed by atoms with Crippen molar-refractivity contribution in [3.8, 4) is 0 Å². The van der Waals surface area contributed by atoms with Crippen LogP contribution in [0, 0.1) is 12.8 Å². The first-order valence-electron chi connectivity index (χ1n) is 11.4. The Hall–Kier alpha value is -3.39. The lowest BCUT2D eigenvalue weighted by atomic mass is 9.90. The summed E-state index contributed by atoms with van der Waals surface area (Å²) >= 11 is 1.11. The highest BCUT2D eigenvalue weighted by Gasteiger charge is 2.29. The molecule has 0 saturated carbocycles. The Labute approximate surface area is 202 Å². The zero-order valence-electron chi connectivity index (χ0n) is 19.3. The average molecular weight is 481 g/mol. The molecule has 3 heterocycles. The van der Waals surface area contributed by atoms with Gasteiger partial charge in [-0.25, -0.2) is 4.79 Å². The number of benzene rings is 1.